The van der Waals surface area contributed by atoms with Gasteiger partial charge in [-0.1, -0.05) is 6.42 Å². The van der Waals surface area contributed by atoms with Gasteiger partial charge in [0.15, 0.2) is 11.7 Å². The van der Waals surface area contributed by atoms with E-state index in [1.165, 1.54) is 54.9 Å². The van der Waals surface area contributed by atoms with Crippen molar-refractivity contribution in [3.8, 4) is 5.75 Å². The van der Waals surface area contributed by atoms with Gasteiger partial charge in [-0.15, -0.1) is 11.3 Å². The first-order chi connectivity index (χ1) is 11.7. The van der Waals surface area contributed by atoms with Crippen molar-refractivity contribution in [1.29, 1.82) is 0 Å². The summed E-state index contributed by atoms with van der Waals surface area (Å²) in [7, 11) is 0. The Bertz CT molecular complexity index is 669. The first kappa shape index (κ1) is 16.9. The van der Waals surface area contributed by atoms with Gasteiger partial charge in [0, 0.05) is 11.9 Å². The van der Waals surface area contributed by atoms with Crippen LogP contribution >= 0.6 is 11.3 Å². The molecule has 3 rings (SSSR count). The molecule has 24 heavy (non-hydrogen) atoms. The fraction of sp³-hybridized carbons (Fsp3) is 0.412. The SMILES string of the molecule is O=C(COc1ccc(F)cc1)Nc1nc(CN2CCCCC2)cs1. The first-order valence-electron chi connectivity index (χ1n) is 8.04. The topological polar surface area (TPSA) is 54.5 Å². The molecule has 1 aliphatic heterocycles. The summed E-state index contributed by atoms with van der Waals surface area (Å²) in [6.07, 6.45) is 3.80. The molecule has 1 fully saturated rings. The average molecular weight is 349 g/mol. The summed E-state index contributed by atoms with van der Waals surface area (Å²) in [5.74, 6) is -0.162. The molecule has 1 aromatic carbocycles. The van der Waals surface area contributed by atoms with E-state index < -0.39 is 0 Å². The number of thiazole rings is 1. The number of nitrogens with zero attached hydrogens (tertiary/aromatic N) is 2. The highest BCUT2D eigenvalue weighted by atomic mass is 32.1. The van der Waals surface area contributed by atoms with Gasteiger partial charge in [-0.2, -0.15) is 0 Å². The Labute approximate surface area is 144 Å². The van der Waals surface area contributed by atoms with Gasteiger partial charge in [0.25, 0.3) is 5.91 Å². The standard InChI is InChI=1S/C17H20FN3O2S/c18-13-4-6-15(7-5-13)23-11-16(22)20-17-19-14(12-24-17)10-21-8-2-1-3-9-21/h4-7,12H,1-3,8-11H2,(H,19,20,22). The van der Waals surface area contributed by atoms with Crippen molar-refractivity contribution in [2.75, 3.05) is 25.0 Å². The number of nitrogens with one attached hydrogen (secondary N) is 1. The Balaban J connectivity index is 1.45. The lowest BCUT2D eigenvalue weighted by molar-refractivity contribution is -0.118. The second-order valence-electron chi connectivity index (χ2n) is 5.77. The van der Waals surface area contributed by atoms with E-state index in [4.69, 9.17) is 4.74 Å². The average Bonchev–Trinajstić information content (AvgIpc) is 3.02. The number of carbonyl (C=O) groups is 1. The van der Waals surface area contributed by atoms with E-state index in [2.05, 4.69) is 15.2 Å². The van der Waals surface area contributed by atoms with Crippen LogP contribution in [0.15, 0.2) is 29.6 Å². The molecule has 1 aromatic heterocycles. The fourth-order valence-electron chi connectivity index (χ4n) is 2.62. The van der Waals surface area contributed by atoms with E-state index in [-0.39, 0.29) is 18.3 Å². The monoisotopic (exact) mass is 349 g/mol. The normalized spacial score (nSPS) is 15.2. The van der Waals surface area contributed by atoms with Crippen molar-refractivity contribution >= 4 is 22.4 Å². The van der Waals surface area contributed by atoms with Crippen molar-refractivity contribution in [2.24, 2.45) is 0 Å². The maximum atomic E-state index is 12.8. The van der Waals surface area contributed by atoms with E-state index in [1.807, 2.05) is 5.38 Å². The highest BCUT2D eigenvalue weighted by Crippen LogP contribution is 2.19. The smallest absolute Gasteiger partial charge is 0.264 e. The molecule has 5 nitrogen and oxygen atoms in total. The van der Waals surface area contributed by atoms with E-state index in [0.29, 0.717) is 10.9 Å². The highest BCUT2D eigenvalue weighted by molar-refractivity contribution is 7.13. The number of anilines is 1. The van der Waals surface area contributed by atoms with Crippen LogP contribution in [-0.4, -0.2) is 35.5 Å². The van der Waals surface area contributed by atoms with Crippen LogP contribution in [0.2, 0.25) is 0 Å². The molecular formula is C17H20FN3O2S. The summed E-state index contributed by atoms with van der Waals surface area (Å²) in [5, 5.41) is 5.29. The maximum absolute atomic E-state index is 12.8. The van der Waals surface area contributed by atoms with Gasteiger partial charge in [-0.3, -0.25) is 15.0 Å². The number of likely N-dealkylation sites (tertiary alicyclic amines) is 1. The Hall–Kier alpha value is -1.99. The third kappa shape index (κ3) is 5.01. The quantitative estimate of drug-likeness (QED) is 0.869. The summed E-state index contributed by atoms with van der Waals surface area (Å²) in [5.41, 5.74) is 0.983. The van der Waals surface area contributed by atoms with Gasteiger partial charge < -0.3 is 4.74 Å². The number of hydrogen-bond acceptors (Lipinski definition) is 5. The summed E-state index contributed by atoms with van der Waals surface area (Å²) in [6, 6.07) is 5.56. The Kier molecular flexibility index (Phi) is 5.77. The predicted molar refractivity (Wildman–Crippen MR) is 91.8 cm³/mol. The third-order valence-electron chi connectivity index (χ3n) is 3.82. The largest absolute Gasteiger partial charge is 0.484 e. The number of halogens is 1. The molecule has 1 amide bonds. The van der Waals surface area contributed by atoms with Gasteiger partial charge in [0.05, 0.1) is 5.69 Å². The van der Waals surface area contributed by atoms with Gasteiger partial charge in [0.1, 0.15) is 11.6 Å². The second-order valence-corrected chi connectivity index (χ2v) is 6.63. The van der Waals surface area contributed by atoms with Gasteiger partial charge >= 0.3 is 0 Å². The van der Waals surface area contributed by atoms with Gasteiger partial charge in [0.2, 0.25) is 0 Å². The Morgan fingerprint density at radius 2 is 2.00 bits per heavy atom. The number of ether oxygens (including phenoxy) is 1. The van der Waals surface area contributed by atoms with Crippen LogP contribution in [0.25, 0.3) is 0 Å². The molecule has 0 atom stereocenters. The lowest BCUT2D eigenvalue weighted by Gasteiger charge is -2.25. The predicted octanol–water partition coefficient (Wildman–Crippen LogP) is 3.29. The number of aromatic nitrogens is 1. The molecule has 0 aliphatic carbocycles. The van der Waals surface area contributed by atoms with Crippen LogP contribution in [0, 0.1) is 5.82 Å². The number of hydrogen-bond donors (Lipinski definition) is 1. The minimum Gasteiger partial charge on any atom is -0.484 e. The van der Waals surface area contributed by atoms with Crippen LogP contribution in [0.5, 0.6) is 5.75 Å². The van der Waals surface area contributed by atoms with E-state index in [9.17, 15) is 9.18 Å². The molecule has 0 spiro atoms. The van der Waals surface area contributed by atoms with Crippen molar-refractivity contribution in [3.05, 3.63) is 41.2 Å². The Morgan fingerprint density at radius 1 is 1.25 bits per heavy atom. The van der Waals surface area contributed by atoms with Crippen molar-refractivity contribution in [3.63, 3.8) is 0 Å². The number of carbonyl (C=O) groups excluding carboxylic acids is 1. The van der Waals surface area contributed by atoms with Crippen LogP contribution in [0.1, 0.15) is 25.0 Å². The molecule has 1 aliphatic rings. The summed E-state index contributed by atoms with van der Waals surface area (Å²) >= 11 is 1.42. The van der Waals surface area contributed by atoms with E-state index in [0.717, 1.165) is 25.3 Å². The van der Waals surface area contributed by atoms with Gasteiger partial charge in [-0.05, 0) is 50.2 Å². The van der Waals surface area contributed by atoms with Crippen LogP contribution < -0.4 is 10.1 Å². The van der Waals surface area contributed by atoms with Crippen molar-refractivity contribution in [2.45, 2.75) is 25.8 Å². The minimum absolute atomic E-state index is 0.132. The van der Waals surface area contributed by atoms with Crippen molar-refractivity contribution in [1.82, 2.24) is 9.88 Å². The number of benzene rings is 1. The third-order valence-corrected chi connectivity index (χ3v) is 4.62. The van der Waals surface area contributed by atoms with E-state index >= 15 is 0 Å². The number of rotatable bonds is 6. The van der Waals surface area contributed by atoms with Crippen LogP contribution in [-0.2, 0) is 11.3 Å². The second kappa shape index (κ2) is 8.21. The summed E-state index contributed by atoms with van der Waals surface area (Å²) in [4.78, 5) is 18.7. The molecule has 2 aromatic rings. The molecular weight excluding hydrogens is 329 g/mol. The zero-order chi connectivity index (χ0) is 16.8. The van der Waals surface area contributed by atoms with Crippen molar-refractivity contribution < 1.29 is 13.9 Å². The number of amides is 1. The first-order valence-corrected chi connectivity index (χ1v) is 8.92. The molecule has 0 radical (unpaired) electrons. The summed E-state index contributed by atoms with van der Waals surface area (Å²) in [6.45, 7) is 2.93. The number of piperidine rings is 1. The zero-order valence-corrected chi connectivity index (χ0v) is 14.2. The minimum atomic E-state index is -0.337. The fourth-order valence-corrected chi connectivity index (χ4v) is 3.34. The molecule has 0 bridgehead atoms. The van der Waals surface area contributed by atoms with E-state index in [1.54, 1.807) is 0 Å². The maximum Gasteiger partial charge on any atom is 0.264 e. The Morgan fingerprint density at radius 3 is 2.75 bits per heavy atom. The molecule has 128 valence electrons. The highest BCUT2D eigenvalue weighted by Gasteiger charge is 2.13. The molecule has 1 saturated heterocycles. The molecule has 0 saturated carbocycles. The van der Waals surface area contributed by atoms with Gasteiger partial charge in [-0.25, -0.2) is 9.37 Å². The molecule has 7 heteroatoms. The zero-order valence-electron chi connectivity index (χ0n) is 13.3. The van der Waals surface area contributed by atoms with Crippen LogP contribution in [0.3, 0.4) is 0 Å². The molecule has 1 N–H and O–H groups in total. The molecule has 2 heterocycles. The lowest BCUT2D eigenvalue weighted by Crippen LogP contribution is -2.29. The summed E-state index contributed by atoms with van der Waals surface area (Å²) < 4.78 is 18.1. The molecule has 0 unspecified atom stereocenters. The lowest BCUT2D eigenvalue weighted by atomic mass is 10.1. The van der Waals surface area contributed by atoms with Crippen LogP contribution in [0.4, 0.5) is 9.52 Å².